The summed E-state index contributed by atoms with van der Waals surface area (Å²) in [6.45, 7) is 2.69. The van der Waals surface area contributed by atoms with Crippen LogP contribution in [0.4, 0.5) is 0 Å². The summed E-state index contributed by atoms with van der Waals surface area (Å²) in [4.78, 5) is 4.07. The largest absolute Gasteiger partial charge is 0.632 e. The average Bonchev–Trinajstić information content (AvgIpc) is 2.75. The quantitative estimate of drug-likeness (QED) is 0.602. The first kappa shape index (κ1) is 17.2. The van der Waals surface area contributed by atoms with Crippen molar-refractivity contribution in [3.63, 3.8) is 0 Å². The second kappa shape index (κ2) is 6.49. The van der Waals surface area contributed by atoms with Gasteiger partial charge in [-0.15, -0.1) is 0 Å². The van der Waals surface area contributed by atoms with Gasteiger partial charge in [0.05, 0.1) is 18.0 Å². The third-order valence-corrected chi connectivity index (χ3v) is 6.79. The van der Waals surface area contributed by atoms with Crippen LogP contribution in [0.15, 0.2) is 46.2 Å². The highest BCUT2D eigenvalue weighted by Crippen LogP contribution is 2.49. The second-order valence-electron chi connectivity index (χ2n) is 6.98. The minimum atomic E-state index is -0.258. The molecule has 0 aliphatic carbocycles. The van der Waals surface area contributed by atoms with Crippen molar-refractivity contribution in [2.75, 3.05) is 33.2 Å². The Hall–Kier alpha value is -1.24. The number of phenolic OH excluding ortho intramolecular Hbond substituents is 1. The maximum absolute atomic E-state index is 13.7. The first-order chi connectivity index (χ1) is 12.0. The molecule has 4 rings (SSSR count). The highest BCUT2D eigenvalue weighted by Gasteiger charge is 2.38. The second-order valence-corrected chi connectivity index (χ2v) is 8.46. The lowest BCUT2D eigenvalue weighted by Crippen LogP contribution is -2.57. The molecule has 1 saturated heterocycles. The predicted octanol–water partition coefficient (Wildman–Crippen LogP) is 4.05. The molecular formula is C19H21ClN2O2S. The van der Waals surface area contributed by atoms with E-state index in [1.165, 1.54) is 11.8 Å². The fourth-order valence-corrected chi connectivity index (χ4v) is 5.14. The molecule has 25 heavy (non-hydrogen) atoms. The lowest BCUT2D eigenvalue weighted by molar-refractivity contribution is -0.915. The Morgan fingerprint density at radius 1 is 1.24 bits per heavy atom. The van der Waals surface area contributed by atoms with Crippen LogP contribution in [0.1, 0.15) is 17.2 Å². The lowest BCUT2D eigenvalue weighted by Gasteiger charge is -2.52. The molecule has 0 amide bonds. The number of benzene rings is 2. The summed E-state index contributed by atoms with van der Waals surface area (Å²) in [6, 6.07) is 11.3. The molecule has 2 aliphatic rings. The maximum atomic E-state index is 13.7. The zero-order valence-electron chi connectivity index (χ0n) is 14.1. The number of fused-ring (bicyclic) bond motifs is 2. The Morgan fingerprint density at radius 3 is 2.72 bits per heavy atom. The van der Waals surface area contributed by atoms with Crippen molar-refractivity contribution in [2.24, 2.45) is 0 Å². The molecule has 1 fully saturated rings. The van der Waals surface area contributed by atoms with Gasteiger partial charge in [-0.3, -0.25) is 4.90 Å². The molecule has 2 aromatic rings. The fourth-order valence-electron chi connectivity index (χ4n) is 3.79. The summed E-state index contributed by atoms with van der Waals surface area (Å²) in [6.07, 6.45) is 0.670. The summed E-state index contributed by atoms with van der Waals surface area (Å²) in [5, 5.41) is 24.7. The molecular weight excluding hydrogens is 356 g/mol. The molecule has 1 atom stereocenters. The maximum Gasteiger partial charge on any atom is 0.131 e. The Morgan fingerprint density at radius 2 is 1.96 bits per heavy atom. The third-order valence-electron chi connectivity index (χ3n) is 5.31. The molecule has 6 heteroatoms. The van der Waals surface area contributed by atoms with E-state index in [1.54, 1.807) is 6.07 Å². The standard InChI is InChI=1S/C19H21ClN2O2S/c1-21-6-8-22(24,9-7-21)16-10-13-4-2-3-5-18(13)25-19-15(16)11-14(20)12-17(19)23/h2-5,11-12,16,23H,6-10H2,1H3. The number of hydrogen-bond acceptors (Lipinski definition) is 4. The summed E-state index contributed by atoms with van der Waals surface area (Å²) < 4.78 is -0.258. The molecule has 0 saturated carbocycles. The van der Waals surface area contributed by atoms with E-state index in [4.69, 9.17) is 11.6 Å². The number of aromatic hydroxyl groups is 1. The molecule has 2 aromatic carbocycles. The van der Waals surface area contributed by atoms with Crippen molar-refractivity contribution in [3.8, 4) is 5.75 Å². The van der Waals surface area contributed by atoms with E-state index >= 15 is 0 Å². The number of quaternary nitrogens is 1. The molecule has 0 aromatic heterocycles. The first-order valence-corrected chi connectivity index (χ1v) is 9.70. The van der Waals surface area contributed by atoms with Crippen LogP contribution in [0.2, 0.25) is 5.02 Å². The Bertz CT molecular complexity index is 806. The SMILES string of the molecule is CN1CC[N+]([O-])(C2Cc3ccccc3Sc3c(O)cc(Cl)cc32)CC1. The fraction of sp³-hybridized carbons (Fsp3) is 0.368. The number of likely N-dealkylation sites (N-methyl/N-ethyl adjacent to an activating group) is 1. The normalized spacial score (nSPS) is 22.8. The average molecular weight is 377 g/mol. The summed E-state index contributed by atoms with van der Waals surface area (Å²) >= 11 is 7.77. The highest BCUT2D eigenvalue weighted by molar-refractivity contribution is 7.99. The number of rotatable bonds is 1. The third kappa shape index (κ3) is 3.15. The van der Waals surface area contributed by atoms with Crippen molar-refractivity contribution in [2.45, 2.75) is 22.3 Å². The molecule has 132 valence electrons. The van der Waals surface area contributed by atoms with Gasteiger partial charge >= 0.3 is 0 Å². The van der Waals surface area contributed by atoms with Crippen LogP contribution in [0.5, 0.6) is 5.75 Å². The van der Waals surface area contributed by atoms with Crippen molar-refractivity contribution >= 4 is 23.4 Å². The number of nitrogens with zero attached hydrogens (tertiary/aromatic N) is 2. The topological polar surface area (TPSA) is 46.5 Å². The zero-order chi connectivity index (χ0) is 17.6. The van der Waals surface area contributed by atoms with E-state index in [0.29, 0.717) is 24.5 Å². The lowest BCUT2D eigenvalue weighted by atomic mass is 9.96. The highest BCUT2D eigenvalue weighted by atomic mass is 35.5. The minimum Gasteiger partial charge on any atom is -0.632 e. The Labute approximate surface area is 157 Å². The Balaban J connectivity index is 1.86. The molecule has 0 spiro atoms. The van der Waals surface area contributed by atoms with Crippen LogP contribution in [-0.2, 0) is 6.42 Å². The van der Waals surface area contributed by atoms with Gasteiger partial charge in [0, 0.05) is 35.0 Å². The van der Waals surface area contributed by atoms with Crippen LogP contribution in [0.25, 0.3) is 0 Å². The van der Waals surface area contributed by atoms with Crippen molar-refractivity contribution < 1.29 is 9.75 Å². The first-order valence-electron chi connectivity index (χ1n) is 8.51. The number of hydroxylamine groups is 3. The van der Waals surface area contributed by atoms with Crippen LogP contribution in [-0.4, -0.2) is 47.9 Å². The van der Waals surface area contributed by atoms with Gasteiger partial charge in [-0.2, -0.15) is 0 Å². The van der Waals surface area contributed by atoms with Crippen molar-refractivity contribution in [3.05, 3.63) is 57.8 Å². The van der Waals surface area contributed by atoms with Crippen LogP contribution >= 0.6 is 23.4 Å². The van der Waals surface area contributed by atoms with Crippen molar-refractivity contribution in [1.29, 1.82) is 0 Å². The monoisotopic (exact) mass is 376 g/mol. The summed E-state index contributed by atoms with van der Waals surface area (Å²) in [7, 11) is 2.05. The molecule has 4 nitrogen and oxygen atoms in total. The molecule has 0 radical (unpaired) electrons. The Kier molecular flexibility index (Phi) is 4.46. The van der Waals surface area contributed by atoms with E-state index in [-0.39, 0.29) is 16.4 Å². The van der Waals surface area contributed by atoms with Gasteiger partial charge in [0.2, 0.25) is 0 Å². The van der Waals surface area contributed by atoms with E-state index < -0.39 is 0 Å². The minimum absolute atomic E-state index is 0.162. The van der Waals surface area contributed by atoms with Crippen LogP contribution in [0.3, 0.4) is 0 Å². The van der Waals surface area contributed by atoms with Crippen LogP contribution in [0, 0.1) is 5.21 Å². The van der Waals surface area contributed by atoms with Gasteiger partial charge in [-0.05, 0) is 30.8 Å². The smallest absolute Gasteiger partial charge is 0.131 e. The van der Waals surface area contributed by atoms with Gasteiger partial charge in [-0.1, -0.05) is 41.6 Å². The van der Waals surface area contributed by atoms with Crippen molar-refractivity contribution in [1.82, 2.24) is 4.90 Å². The number of hydrogen-bond donors (Lipinski definition) is 1. The number of piperazine rings is 1. The van der Waals surface area contributed by atoms with E-state index in [9.17, 15) is 10.3 Å². The van der Waals surface area contributed by atoms with E-state index in [1.807, 2.05) is 18.2 Å². The number of phenols is 1. The predicted molar refractivity (Wildman–Crippen MR) is 101 cm³/mol. The number of halogens is 1. The van der Waals surface area contributed by atoms with Gasteiger partial charge in [-0.25, -0.2) is 0 Å². The molecule has 1 N–H and O–H groups in total. The van der Waals surface area contributed by atoms with Gasteiger partial charge in [0.15, 0.2) is 0 Å². The van der Waals surface area contributed by atoms with E-state index in [2.05, 4.69) is 24.1 Å². The summed E-state index contributed by atoms with van der Waals surface area (Å²) in [5.74, 6) is 0.162. The van der Waals surface area contributed by atoms with Crippen LogP contribution < -0.4 is 0 Å². The summed E-state index contributed by atoms with van der Waals surface area (Å²) in [5.41, 5.74) is 2.04. The van der Waals surface area contributed by atoms with Gasteiger partial charge < -0.3 is 15.0 Å². The molecule has 1 unspecified atom stereocenters. The van der Waals surface area contributed by atoms with Gasteiger partial charge in [0.1, 0.15) is 11.8 Å². The molecule has 0 bridgehead atoms. The van der Waals surface area contributed by atoms with E-state index in [0.717, 1.165) is 34.0 Å². The zero-order valence-corrected chi connectivity index (χ0v) is 15.7. The van der Waals surface area contributed by atoms with Gasteiger partial charge in [0.25, 0.3) is 0 Å². The molecule has 2 heterocycles. The molecule has 2 aliphatic heterocycles.